The Kier molecular flexibility index (Phi) is 9.77. The number of benzene rings is 3. The normalized spacial score (nSPS) is 18.8. The molecule has 3 heterocycles. The van der Waals surface area contributed by atoms with Gasteiger partial charge in [0.1, 0.15) is 35.4 Å². The molecule has 0 radical (unpaired) electrons. The van der Waals surface area contributed by atoms with Crippen LogP contribution in [0.3, 0.4) is 0 Å². The summed E-state index contributed by atoms with van der Waals surface area (Å²) >= 11 is 6.58. The third kappa shape index (κ3) is 6.96. The zero-order chi connectivity index (χ0) is 44.4. The minimum Gasteiger partial charge on any atom is -0.344 e. The summed E-state index contributed by atoms with van der Waals surface area (Å²) in [5.41, 5.74) is -3.90. The van der Waals surface area contributed by atoms with E-state index in [2.05, 4.69) is 25.2 Å². The van der Waals surface area contributed by atoms with Crippen LogP contribution in [-0.2, 0) is 46.7 Å². The third-order valence-electron chi connectivity index (χ3n) is 11.8. The van der Waals surface area contributed by atoms with E-state index >= 15 is 17.6 Å². The summed E-state index contributed by atoms with van der Waals surface area (Å²) in [6, 6.07) is 6.64. The lowest BCUT2D eigenvalue weighted by Crippen LogP contribution is -2.38. The van der Waals surface area contributed by atoms with Gasteiger partial charge in [-0.1, -0.05) is 24.1 Å². The largest absolute Gasteiger partial charge is 0.344 e. The van der Waals surface area contributed by atoms with Crippen LogP contribution in [0.25, 0.3) is 27.5 Å². The van der Waals surface area contributed by atoms with E-state index in [0.29, 0.717) is 17.2 Å². The number of fused-ring (bicyclic) bond motifs is 5. The van der Waals surface area contributed by atoms with Crippen molar-refractivity contribution in [2.75, 3.05) is 11.0 Å². The number of carbonyl (C=O) groups is 1. The van der Waals surface area contributed by atoms with E-state index in [1.165, 1.54) is 23.9 Å². The highest BCUT2D eigenvalue weighted by atomic mass is 35.5. The van der Waals surface area contributed by atoms with Crippen molar-refractivity contribution < 1.29 is 48.3 Å². The molecule has 6 aromatic rings. The van der Waals surface area contributed by atoms with E-state index in [-0.39, 0.29) is 68.7 Å². The van der Waals surface area contributed by atoms with Crippen LogP contribution in [0, 0.1) is 23.5 Å². The minimum atomic E-state index is -3.96. The molecule has 22 heteroatoms. The molecule has 326 valence electrons. The molecule has 3 aromatic carbocycles. The summed E-state index contributed by atoms with van der Waals surface area (Å²) in [5.74, 6) is -13.9. The van der Waals surface area contributed by atoms with Crippen molar-refractivity contribution in [3.63, 3.8) is 0 Å². The van der Waals surface area contributed by atoms with Gasteiger partial charge in [-0.25, -0.2) is 39.7 Å². The number of nitrogens with zero attached hydrogens (tertiary/aromatic N) is 6. The number of rotatable bonds is 12. The van der Waals surface area contributed by atoms with Crippen molar-refractivity contribution in [3.05, 3.63) is 109 Å². The second-order valence-electron chi connectivity index (χ2n) is 16.0. The highest BCUT2D eigenvalue weighted by Gasteiger charge is 2.67. The first-order valence-electron chi connectivity index (χ1n) is 19.2. The van der Waals surface area contributed by atoms with Crippen LogP contribution in [-0.4, -0.2) is 49.7 Å². The first kappa shape index (κ1) is 41.8. The predicted molar refractivity (Wildman–Crippen MR) is 209 cm³/mol. The Labute approximate surface area is 350 Å². The van der Waals surface area contributed by atoms with Gasteiger partial charge in [0.05, 0.1) is 44.8 Å². The van der Waals surface area contributed by atoms with Crippen molar-refractivity contribution >= 4 is 55.2 Å². The first-order valence-corrected chi connectivity index (χ1v) is 21.5. The number of carbonyl (C=O) groups excluding carboxylic acids is 1. The predicted octanol–water partition coefficient (Wildman–Crippen LogP) is 7.91. The number of amides is 1. The fraction of sp³-hybridized carbons (Fsp3) is 0.375. The van der Waals surface area contributed by atoms with E-state index in [4.69, 9.17) is 11.6 Å². The third-order valence-corrected chi connectivity index (χ3v) is 12.7. The van der Waals surface area contributed by atoms with Gasteiger partial charge in [-0.3, -0.25) is 28.2 Å². The van der Waals surface area contributed by atoms with Gasteiger partial charge in [0.25, 0.3) is 23.8 Å². The lowest BCUT2D eigenvalue weighted by molar-refractivity contribution is -0.123. The average molecular weight is 909 g/mol. The molecule has 3 aliphatic rings. The number of nitrogens with one attached hydrogen (secondary N) is 2. The van der Waals surface area contributed by atoms with Crippen LogP contribution in [0.1, 0.15) is 78.0 Å². The second kappa shape index (κ2) is 14.5. The van der Waals surface area contributed by atoms with Gasteiger partial charge >= 0.3 is 0 Å². The average Bonchev–Trinajstić information content (AvgIpc) is 3.68. The van der Waals surface area contributed by atoms with Crippen molar-refractivity contribution in [2.45, 2.75) is 68.9 Å². The van der Waals surface area contributed by atoms with Gasteiger partial charge in [-0.2, -0.15) is 19.0 Å². The number of aryl methyl sites for hydroxylation is 1. The summed E-state index contributed by atoms with van der Waals surface area (Å²) in [4.78, 5) is 33.6. The van der Waals surface area contributed by atoms with Crippen LogP contribution in [0.2, 0.25) is 5.02 Å². The zero-order valence-corrected chi connectivity index (χ0v) is 33.9. The molecule has 0 unspecified atom stereocenters. The molecular weight excluding hydrogens is 876 g/mol. The quantitative estimate of drug-likeness (QED) is 0.119. The molecule has 2 saturated carbocycles. The molecule has 0 spiro atoms. The maximum absolute atomic E-state index is 15.8. The number of alkyl halides is 6. The molecule has 9 rings (SSSR count). The Balaban J connectivity index is 1.25. The van der Waals surface area contributed by atoms with Crippen molar-refractivity contribution in [3.8, 4) is 5.69 Å². The van der Waals surface area contributed by atoms with Gasteiger partial charge in [0, 0.05) is 42.5 Å². The van der Waals surface area contributed by atoms with Crippen LogP contribution < -0.4 is 15.6 Å². The Hall–Kier alpha value is -5.57. The fourth-order valence-corrected chi connectivity index (χ4v) is 9.53. The van der Waals surface area contributed by atoms with Crippen molar-refractivity contribution in [2.24, 2.45) is 18.9 Å². The van der Waals surface area contributed by atoms with Crippen LogP contribution in [0.4, 0.5) is 40.9 Å². The highest BCUT2D eigenvalue weighted by Crippen LogP contribution is 2.68. The summed E-state index contributed by atoms with van der Waals surface area (Å²) in [7, 11) is -2.56. The highest BCUT2D eigenvalue weighted by molar-refractivity contribution is 7.92. The Morgan fingerprint density at radius 1 is 1.05 bits per heavy atom. The maximum Gasteiger partial charge on any atom is 0.293 e. The minimum absolute atomic E-state index is 0.000312. The summed E-state index contributed by atoms with van der Waals surface area (Å²) in [6.07, 6.45) is -1.89. The monoisotopic (exact) mass is 908 g/mol. The Morgan fingerprint density at radius 3 is 2.40 bits per heavy atom. The van der Waals surface area contributed by atoms with Crippen molar-refractivity contribution in [1.82, 2.24) is 34.4 Å². The first-order chi connectivity index (χ1) is 29.1. The van der Waals surface area contributed by atoms with E-state index in [1.807, 2.05) is 0 Å². The molecule has 2 fully saturated rings. The second-order valence-corrected chi connectivity index (χ2v) is 18.2. The van der Waals surface area contributed by atoms with E-state index < -0.39 is 111 Å². The van der Waals surface area contributed by atoms with E-state index in [1.54, 1.807) is 0 Å². The number of aromatic nitrogens is 6. The standard InChI is InChI=1S/C40H33ClF8N8O4S/c1-55-33-28(9-8-25(41)31(33)36(53-55)54-62(2,60)61)57-37(51-26-13-19(6-7-22(26)38(57)59)39(46,47)18-4-3-5-18)27(12-17-10-20(42)14-21(43)11-17)50-29(58)16-56-34-30(32(52-56)35(44)45)23-15-24(23)40(34,48)49/h6-11,13-14,18,23-24,27,35H,3-5,12,15-16H2,1-2H3,(H,50,58)(H,53,54)/t23-,24+,27-/m0/s1. The van der Waals surface area contributed by atoms with E-state index in [0.717, 1.165) is 41.2 Å². The number of halogens is 9. The van der Waals surface area contributed by atoms with Crippen molar-refractivity contribution in [1.29, 1.82) is 0 Å². The number of hydrogen-bond acceptors (Lipinski definition) is 7. The summed E-state index contributed by atoms with van der Waals surface area (Å²) < 4.78 is 150. The van der Waals surface area contributed by atoms with Crippen LogP contribution in [0.15, 0.2) is 53.3 Å². The lowest BCUT2D eigenvalue weighted by Gasteiger charge is -2.33. The SMILES string of the molecule is Cn1nc(NS(C)(=O)=O)c2c(Cl)ccc(-n3c([C@H](Cc4cc(F)cc(F)c4)NC(=O)Cn4nc(C(F)F)c5c4C(F)(F)[C@@H]4C[C@H]54)nc4cc(C(F)(F)C5CCC5)ccc4c3=O)c21. The molecule has 0 saturated heterocycles. The zero-order valence-electron chi connectivity index (χ0n) is 32.4. The molecule has 62 heavy (non-hydrogen) atoms. The number of anilines is 1. The number of hydrogen-bond donors (Lipinski definition) is 2. The summed E-state index contributed by atoms with van der Waals surface area (Å²) in [5, 5.41) is 10.3. The maximum atomic E-state index is 15.8. The van der Waals surface area contributed by atoms with Gasteiger partial charge in [0.15, 0.2) is 5.82 Å². The molecular formula is C40H33ClF8N8O4S. The van der Waals surface area contributed by atoms with Gasteiger partial charge in [-0.15, -0.1) is 0 Å². The lowest BCUT2D eigenvalue weighted by atomic mass is 9.78. The molecule has 2 N–H and O–H groups in total. The molecule has 1 amide bonds. The topological polar surface area (TPSA) is 146 Å². The fourth-order valence-electron chi connectivity index (χ4n) is 8.79. The number of sulfonamides is 1. The molecule has 3 atom stereocenters. The Morgan fingerprint density at radius 2 is 1.76 bits per heavy atom. The smallest absolute Gasteiger partial charge is 0.293 e. The molecule has 0 aliphatic heterocycles. The van der Waals surface area contributed by atoms with Gasteiger partial charge < -0.3 is 5.32 Å². The van der Waals surface area contributed by atoms with Gasteiger partial charge in [0.2, 0.25) is 15.9 Å². The van der Waals surface area contributed by atoms with Crippen LogP contribution in [0.5, 0.6) is 0 Å². The molecule has 12 nitrogen and oxygen atoms in total. The molecule has 3 aliphatic carbocycles. The van der Waals surface area contributed by atoms with Gasteiger partial charge in [-0.05, 0) is 67.1 Å². The summed E-state index contributed by atoms with van der Waals surface area (Å²) in [6.45, 7) is -1.05. The molecule has 0 bridgehead atoms. The molecule has 3 aromatic heterocycles. The van der Waals surface area contributed by atoms with E-state index in [9.17, 15) is 35.6 Å². The van der Waals surface area contributed by atoms with Crippen LogP contribution >= 0.6 is 11.6 Å². The Bertz CT molecular complexity index is 3020.